The molecule has 38 heavy (non-hydrogen) atoms. The lowest BCUT2D eigenvalue weighted by molar-refractivity contribution is -0.528. The molecule has 0 aromatic carbocycles. The fourth-order valence-electron chi connectivity index (χ4n) is 4.92. The largest absolute Gasteiger partial charge is 0.471 e. The number of carbonyl (C=O) groups excluding carboxylic acids is 4. The highest BCUT2D eigenvalue weighted by Gasteiger charge is 2.44. The summed E-state index contributed by atoms with van der Waals surface area (Å²) in [6, 6.07) is -3.26. The Bertz CT molecular complexity index is 885. The van der Waals surface area contributed by atoms with Gasteiger partial charge in [0.25, 0.3) is 0 Å². The van der Waals surface area contributed by atoms with E-state index < -0.39 is 65.4 Å². The van der Waals surface area contributed by atoms with Crippen LogP contribution < -0.4 is 16.0 Å². The number of alkyl halides is 5. The van der Waals surface area contributed by atoms with Crippen LogP contribution in [0, 0.1) is 22.0 Å². The predicted octanol–water partition coefficient (Wildman–Crippen LogP) is 2.05. The fourth-order valence-corrected chi connectivity index (χ4v) is 5.90. The molecule has 216 valence electrons. The average Bonchev–Trinajstić information content (AvgIpc) is 2.80. The van der Waals surface area contributed by atoms with Crippen LogP contribution in [-0.2, 0) is 23.9 Å². The molecule has 0 saturated heterocycles. The van der Waals surface area contributed by atoms with Crippen LogP contribution in [0.1, 0.15) is 51.9 Å². The number of nitrogens with zero attached hydrogens (tertiary/aromatic N) is 1. The highest BCUT2D eigenvalue weighted by Crippen LogP contribution is 2.34. The van der Waals surface area contributed by atoms with Gasteiger partial charge in [-0.2, -0.15) is 13.2 Å². The van der Waals surface area contributed by atoms with Crippen molar-refractivity contribution in [2.45, 2.75) is 86.9 Å². The third-order valence-electron chi connectivity index (χ3n) is 6.60. The zero-order valence-electron chi connectivity index (χ0n) is 20.6. The highest BCUT2D eigenvalue weighted by molar-refractivity contribution is 6.23. The summed E-state index contributed by atoms with van der Waals surface area (Å²) >= 11 is 12.5. The Hall–Kier alpha value is -2.35. The molecule has 0 aromatic heterocycles. The molecule has 2 aliphatic carbocycles. The first kappa shape index (κ1) is 31.9. The van der Waals surface area contributed by atoms with E-state index in [9.17, 15) is 42.5 Å². The lowest BCUT2D eigenvalue weighted by atomic mass is 9.82. The number of carbonyl (C=O) groups is 4. The number of nitro groups is 1. The third-order valence-corrected chi connectivity index (χ3v) is 7.32. The number of halogens is 5. The summed E-state index contributed by atoms with van der Waals surface area (Å²) in [4.78, 5) is 59.3. The zero-order valence-corrected chi connectivity index (χ0v) is 22.1. The van der Waals surface area contributed by atoms with Crippen molar-refractivity contribution in [2.75, 3.05) is 13.2 Å². The number of hydrogen-bond donors (Lipinski definition) is 3. The number of esters is 1. The van der Waals surface area contributed by atoms with Gasteiger partial charge in [0, 0.05) is 46.5 Å². The second-order valence-electron chi connectivity index (χ2n) is 9.57. The predicted molar refractivity (Wildman–Crippen MR) is 129 cm³/mol. The Morgan fingerprint density at radius 2 is 1.68 bits per heavy atom. The molecule has 11 nitrogen and oxygen atoms in total. The van der Waals surface area contributed by atoms with E-state index in [1.807, 2.05) is 0 Å². The van der Waals surface area contributed by atoms with Crippen molar-refractivity contribution >= 4 is 46.9 Å². The average molecular weight is 591 g/mol. The van der Waals surface area contributed by atoms with Crippen LogP contribution in [0.3, 0.4) is 0 Å². The van der Waals surface area contributed by atoms with E-state index in [0.29, 0.717) is 19.3 Å². The van der Waals surface area contributed by atoms with Crippen LogP contribution in [0.5, 0.6) is 0 Å². The summed E-state index contributed by atoms with van der Waals surface area (Å²) in [5, 5.41) is 17.5. The van der Waals surface area contributed by atoms with Crippen molar-refractivity contribution in [3.63, 3.8) is 0 Å². The molecule has 0 radical (unpaired) electrons. The van der Waals surface area contributed by atoms with Crippen molar-refractivity contribution in [1.29, 1.82) is 0 Å². The molecule has 0 heterocycles. The number of amides is 3. The Balaban J connectivity index is 2.00. The topological polar surface area (TPSA) is 157 Å². The molecule has 2 saturated carbocycles. The smallest absolute Gasteiger partial charge is 0.466 e. The Morgan fingerprint density at radius 1 is 1.05 bits per heavy atom. The van der Waals surface area contributed by atoms with Crippen LogP contribution >= 0.6 is 23.2 Å². The minimum absolute atomic E-state index is 0.140. The molecule has 6 atom stereocenters. The van der Waals surface area contributed by atoms with E-state index >= 15 is 0 Å². The molecular formula is C22H31Cl2F3N4O7. The van der Waals surface area contributed by atoms with Gasteiger partial charge in [0.05, 0.1) is 19.6 Å². The van der Waals surface area contributed by atoms with E-state index in [1.54, 1.807) is 12.2 Å². The standard InChI is InChI=1S/C22H31Cl2F3N4O7/c1-2-38-19(33)9-17(11-3-13(23)7-14(24)4-11)30-18(32)10-28-20(34)12-5-15(8-16(6-12)31(36)37)29-21(35)22(25,26)27/h11-17H,2-10H2,1H3,(H,28,34)(H,29,35)(H,30,32). The second-order valence-corrected chi connectivity index (χ2v) is 10.8. The van der Waals surface area contributed by atoms with Gasteiger partial charge in [-0.25, -0.2) is 0 Å². The monoisotopic (exact) mass is 590 g/mol. The highest BCUT2D eigenvalue weighted by atomic mass is 35.5. The molecular weight excluding hydrogens is 560 g/mol. The molecule has 0 bridgehead atoms. The van der Waals surface area contributed by atoms with Crippen molar-refractivity contribution in [2.24, 2.45) is 11.8 Å². The first-order valence-electron chi connectivity index (χ1n) is 12.2. The second kappa shape index (κ2) is 14.2. The van der Waals surface area contributed by atoms with Crippen molar-refractivity contribution in [1.82, 2.24) is 16.0 Å². The van der Waals surface area contributed by atoms with Crippen LogP contribution in [-0.4, -0.2) is 76.8 Å². The molecule has 0 aliphatic heterocycles. The van der Waals surface area contributed by atoms with E-state index in [-0.39, 0.29) is 49.0 Å². The van der Waals surface area contributed by atoms with Gasteiger partial charge in [0.15, 0.2) is 0 Å². The van der Waals surface area contributed by atoms with E-state index in [0.717, 1.165) is 0 Å². The first-order valence-corrected chi connectivity index (χ1v) is 13.1. The molecule has 6 unspecified atom stereocenters. The van der Waals surface area contributed by atoms with Gasteiger partial charge < -0.3 is 20.7 Å². The minimum atomic E-state index is -5.18. The zero-order chi connectivity index (χ0) is 28.6. The third kappa shape index (κ3) is 10.1. The fraction of sp³-hybridized carbons (Fsp3) is 0.818. The number of hydrogen-bond acceptors (Lipinski definition) is 7. The normalized spacial score (nSPS) is 28.5. The Morgan fingerprint density at radius 3 is 2.24 bits per heavy atom. The summed E-state index contributed by atoms with van der Waals surface area (Å²) in [6.45, 7) is 1.24. The van der Waals surface area contributed by atoms with Crippen molar-refractivity contribution in [3.8, 4) is 0 Å². The van der Waals surface area contributed by atoms with E-state index in [1.165, 1.54) is 0 Å². The molecule has 2 aliphatic rings. The minimum Gasteiger partial charge on any atom is -0.466 e. The summed E-state index contributed by atoms with van der Waals surface area (Å²) < 4.78 is 42.8. The van der Waals surface area contributed by atoms with E-state index in [2.05, 4.69) is 10.6 Å². The van der Waals surface area contributed by atoms with Gasteiger partial charge in [-0.3, -0.25) is 29.3 Å². The van der Waals surface area contributed by atoms with Gasteiger partial charge in [0.2, 0.25) is 17.9 Å². The SMILES string of the molecule is CCOC(=O)CC(NC(=O)CNC(=O)C1CC(NC(=O)C(F)(F)F)CC([N+](=O)[O-])C1)C1CC(Cl)CC(Cl)C1. The molecule has 3 N–H and O–H groups in total. The van der Waals surface area contributed by atoms with Gasteiger partial charge in [-0.05, 0) is 38.5 Å². The summed E-state index contributed by atoms with van der Waals surface area (Å²) in [5.41, 5.74) is 0. The maximum absolute atomic E-state index is 12.7. The van der Waals surface area contributed by atoms with Gasteiger partial charge in [0.1, 0.15) is 0 Å². The molecule has 2 rings (SSSR count). The van der Waals surface area contributed by atoms with Crippen molar-refractivity contribution < 1.29 is 42.0 Å². The number of nitrogens with one attached hydrogen (secondary N) is 3. The maximum atomic E-state index is 12.7. The molecule has 0 spiro atoms. The lowest BCUT2D eigenvalue weighted by Gasteiger charge is -2.35. The summed E-state index contributed by atoms with van der Waals surface area (Å²) in [5.74, 6) is -5.55. The van der Waals surface area contributed by atoms with Crippen LogP contribution in [0.15, 0.2) is 0 Å². The molecule has 0 aromatic rings. The number of rotatable bonds is 10. The lowest BCUT2D eigenvalue weighted by Crippen LogP contribution is -2.52. The summed E-state index contributed by atoms with van der Waals surface area (Å²) in [7, 11) is 0. The first-order chi connectivity index (χ1) is 17.7. The van der Waals surface area contributed by atoms with Gasteiger partial charge in [-0.15, -0.1) is 23.2 Å². The maximum Gasteiger partial charge on any atom is 0.471 e. The molecule has 3 amide bonds. The van der Waals surface area contributed by atoms with Crippen LogP contribution in [0.25, 0.3) is 0 Å². The van der Waals surface area contributed by atoms with Gasteiger partial charge >= 0.3 is 18.1 Å². The Labute approximate surface area is 227 Å². The van der Waals surface area contributed by atoms with Gasteiger partial charge in [-0.1, -0.05) is 0 Å². The quantitative estimate of drug-likeness (QED) is 0.152. The van der Waals surface area contributed by atoms with Crippen LogP contribution in [0.4, 0.5) is 13.2 Å². The number of ether oxygens (including phenoxy) is 1. The molecule has 16 heteroatoms. The Kier molecular flexibility index (Phi) is 11.9. The van der Waals surface area contributed by atoms with E-state index in [4.69, 9.17) is 27.9 Å². The van der Waals surface area contributed by atoms with Crippen molar-refractivity contribution in [3.05, 3.63) is 10.1 Å². The van der Waals surface area contributed by atoms with Crippen LogP contribution in [0.2, 0.25) is 0 Å². The molecule has 2 fully saturated rings. The summed E-state index contributed by atoms with van der Waals surface area (Å²) in [6.07, 6.45) is -4.64.